The Balaban J connectivity index is 2.56. The summed E-state index contributed by atoms with van der Waals surface area (Å²) in [6, 6.07) is 4.58. The van der Waals surface area contributed by atoms with Gasteiger partial charge in [0.25, 0.3) is 0 Å². The Bertz CT molecular complexity index is 392. The van der Waals surface area contributed by atoms with Crippen LogP contribution in [0.15, 0.2) is 12.1 Å². The number of hydrogen-bond donors (Lipinski definition) is 2. The van der Waals surface area contributed by atoms with Crippen molar-refractivity contribution in [3.63, 3.8) is 0 Å². The van der Waals surface area contributed by atoms with E-state index in [1.165, 1.54) is 0 Å². The average Bonchev–Trinajstić information content (AvgIpc) is 2.38. The zero-order valence-electron chi connectivity index (χ0n) is 12.7. The summed E-state index contributed by atoms with van der Waals surface area (Å²) in [6.45, 7) is 8.98. The summed E-state index contributed by atoms with van der Waals surface area (Å²) in [4.78, 5) is 0. The minimum Gasteiger partial charge on any atom is -0.496 e. The fraction of sp³-hybridized carbons (Fsp3) is 0.600. The van der Waals surface area contributed by atoms with Gasteiger partial charge in [-0.05, 0) is 24.6 Å². The first-order valence-electron chi connectivity index (χ1n) is 6.74. The van der Waals surface area contributed by atoms with E-state index < -0.39 is 0 Å². The van der Waals surface area contributed by atoms with Crippen LogP contribution in [0.4, 0.5) is 0 Å². The molecule has 0 spiro atoms. The molecular weight excluding hydrogens is 240 g/mol. The Hall–Kier alpha value is -1.26. The van der Waals surface area contributed by atoms with Crippen molar-refractivity contribution in [1.82, 2.24) is 10.6 Å². The van der Waals surface area contributed by atoms with E-state index in [2.05, 4.69) is 24.5 Å². The molecular formula is C15H26N2O2. The predicted octanol–water partition coefficient (Wildman–Crippen LogP) is 2.10. The molecule has 2 N–H and O–H groups in total. The number of methoxy groups -OCH3 is 2. The molecule has 0 amide bonds. The summed E-state index contributed by atoms with van der Waals surface area (Å²) >= 11 is 0. The van der Waals surface area contributed by atoms with E-state index in [1.807, 2.05) is 19.1 Å². The number of rotatable bonds is 8. The molecule has 0 aliphatic carbocycles. The summed E-state index contributed by atoms with van der Waals surface area (Å²) < 4.78 is 10.8. The lowest BCUT2D eigenvalue weighted by Gasteiger charge is -2.14. The molecule has 4 heteroatoms. The van der Waals surface area contributed by atoms with Gasteiger partial charge < -0.3 is 20.1 Å². The zero-order valence-corrected chi connectivity index (χ0v) is 12.7. The fourth-order valence-corrected chi connectivity index (χ4v) is 1.92. The normalized spacial score (nSPS) is 10.8. The summed E-state index contributed by atoms with van der Waals surface area (Å²) in [5.74, 6) is 1.81. The van der Waals surface area contributed by atoms with Gasteiger partial charge in [-0.15, -0.1) is 0 Å². The van der Waals surface area contributed by atoms with Crippen LogP contribution in [0.25, 0.3) is 0 Å². The van der Waals surface area contributed by atoms with Crippen LogP contribution < -0.4 is 20.1 Å². The summed E-state index contributed by atoms with van der Waals surface area (Å²) in [5.41, 5.74) is 2.21. The molecule has 1 aromatic carbocycles. The van der Waals surface area contributed by atoms with Gasteiger partial charge in [-0.1, -0.05) is 13.8 Å². The van der Waals surface area contributed by atoms with Crippen LogP contribution >= 0.6 is 0 Å². The van der Waals surface area contributed by atoms with Crippen LogP contribution in [0, 0.1) is 6.92 Å². The van der Waals surface area contributed by atoms with Gasteiger partial charge in [-0.2, -0.15) is 0 Å². The van der Waals surface area contributed by atoms with Crippen molar-refractivity contribution in [2.24, 2.45) is 0 Å². The predicted molar refractivity (Wildman–Crippen MR) is 79.1 cm³/mol. The number of ether oxygens (including phenoxy) is 2. The third kappa shape index (κ3) is 5.09. The van der Waals surface area contributed by atoms with Crippen LogP contribution in [-0.4, -0.2) is 33.4 Å². The summed E-state index contributed by atoms with van der Waals surface area (Å²) in [5, 5.41) is 6.78. The topological polar surface area (TPSA) is 42.5 Å². The third-order valence-electron chi connectivity index (χ3n) is 2.97. The molecule has 1 rings (SSSR count). The molecule has 108 valence electrons. The van der Waals surface area contributed by atoms with Crippen LogP contribution in [0.3, 0.4) is 0 Å². The number of aryl methyl sites for hydroxylation is 1. The van der Waals surface area contributed by atoms with E-state index in [1.54, 1.807) is 14.2 Å². The molecule has 0 fully saturated rings. The van der Waals surface area contributed by atoms with Crippen LogP contribution in [0.2, 0.25) is 0 Å². The lowest BCUT2D eigenvalue weighted by atomic mass is 10.1. The quantitative estimate of drug-likeness (QED) is 0.707. The monoisotopic (exact) mass is 266 g/mol. The van der Waals surface area contributed by atoms with Crippen molar-refractivity contribution >= 4 is 0 Å². The first-order chi connectivity index (χ1) is 9.08. The van der Waals surface area contributed by atoms with Gasteiger partial charge in [0.15, 0.2) is 0 Å². The Morgan fingerprint density at radius 1 is 1.05 bits per heavy atom. The Labute approximate surface area is 116 Å². The molecule has 19 heavy (non-hydrogen) atoms. The molecule has 0 atom stereocenters. The maximum atomic E-state index is 5.41. The smallest absolute Gasteiger partial charge is 0.123 e. The van der Waals surface area contributed by atoms with Gasteiger partial charge in [0.1, 0.15) is 11.5 Å². The SMILES string of the molecule is COc1cc(CNCCNC(C)C)c(OC)cc1C. The second kappa shape index (κ2) is 8.02. The molecule has 0 aliphatic heterocycles. The Morgan fingerprint density at radius 3 is 2.32 bits per heavy atom. The molecule has 1 aromatic rings. The maximum absolute atomic E-state index is 5.41. The second-order valence-corrected chi connectivity index (χ2v) is 4.92. The summed E-state index contributed by atoms with van der Waals surface area (Å²) in [6.07, 6.45) is 0. The molecule has 0 radical (unpaired) electrons. The fourth-order valence-electron chi connectivity index (χ4n) is 1.92. The zero-order chi connectivity index (χ0) is 14.3. The van der Waals surface area contributed by atoms with Crippen molar-refractivity contribution in [2.45, 2.75) is 33.4 Å². The molecule has 0 aromatic heterocycles. The molecule has 4 nitrogen and oxygen atoms in total. The van der Waals surface area contributed by atoms with Crippen molar-refractivity contribution in [3.05, 3.63) is 23.3 Å². The van der Waals surface area contributed by atoms with E-state index >= 15 is 0 Å². The maximum Gasteiger partial charge on any atom is 0.123 e. The van der Waals surface area contributed by atoms with Gasteiger partial charge in [0.05, 0.1) is 14.2 Å². The standard InChI is InChI=1S/C15H26N2O2/c1-11(2)17-7-6-16-10-13-9-14(18-4)12(3)8-15(13)19-5/h8-9,11,16-17H,6-7,10H2,1-5H3. The minimum atomic E-state index is 0.524. The summed E-state index contributed by atoms with van der Waals surface area (Å²) in [7, 11) is 3.39. The number of nitrogens with one attached hydrogen (secondary N) is 2. The van der Waals surface area contributed by atoms with Crippen molar-refractivity contribution in [3.8, 4) is 11.5 Å². The number of hydrogen-bond acceptors (Lipinski definition) is 4. The van der Waals surface area contributed by atoms with E-state index in [9.17, 15) is 0 Å². The highest BCUT2D eigenvalue weighted by Crippen LogP contribution is 2.27. The molecule has 0 aliphatic rings. The highest BCUT2D eigenvalue weighted by molar-refractivity contribution is 5.45. The largest absolute Gasteiger partial charge is 0.496 e. The van der Waals surface area contributed by atoms with Crippen LogP contribution in [0.1, 0.15) is 25.0 Å². The van der Waals surface area contributed by atoms with E-state index in [4.69, 9.17) is 9.47 Å². The van der Waals surface area contributed by atoms with E-state index in [0.717, 1.165) is 42.3 Å². The molecule has 0 saturated heterocycles. The molecule has 0 heterocycles. The highest BCUT2D eigenvalue weighted by atomic mass is 16.5. The Morgan fingerprint density at radius 2 is 1.74 bits per heavy atom. The minimum absolute atomic E-state index is 0.524. The Kier molecular flexibility index (Phi) is 6.67. The van der Waals surface area contributed by atoms with Crippen molar-refractivity contribution < 1.29 is 9.47 Å². The molecule has 0 saturated carbocycles. The van der Waals surface area contributed by atoms with Gasteiger partial charge in [-0.3, -0.25) is 0 Å². The van der Waals surface area contributed by atoms with Gasteiger partial charge in [0, 0.05) is 31.2 Å². The third-order valence-corrected chi connectivity index (χ3v) is 2.97. The first kappa shape index (κ1) is 15.8. The average molecular weight is 266 g/mol. The number of benzene rings is 1. The van der Waals surface area contributed by atoms with Gasteiger partial charge >= 0.3 is 0 Å². The van der Waals surface area contributed by atoms with E-state index in [0.29, 0.717) is 6.04 Å². The van der Waals surface area contributed by atoms with E-state index in [-0.39, 0.29) is 0 Å². The highest BCUT2D eigenvalue weighted by Gasteiger charge is 2.08. The van der Waals surface area contributed by atoms with Gasteiger partial charge in [0.2, 0.25) is 0 Å². The first-order valence-corrected chi connectivity index (χ1v) is 6.74. The van der Waals surface area contributed by atoms with Crippen LogP contribution in [0.5, 0.6) is 11.5 Å². The second-order valence-electron chi connectivity index (χ2n) is 4.92. The van der Waals surface area contributed by atoms with Gasteiger partial charge in [-0.25, -0.2) is 0 Å². The van der Waals surface area contributed by atoms with Crippen LogP contribution in [-0.2, 0) is 6.54 Å². The lowest BCUT2D eigenvalue weighted by molar-refractivity contribution is 0.394. The lowest BCUT2D eigenvalue weighted by Crippen LogP contribution is -2.31. The molecule has 0 bridgehead atoms. The van der Waals surface area contributed by atoms with Crippen molar-refractivity contribution in [2.75, 3.05) is 27.3 Å². The molecule has 0 unspecified atom stereocenters. The van der Waals surface area contributed by atoms with Crippen molar-refractivity contribution in [1.29, 1.82) is 0 Å².